The van der Waals surface area contributed by atoms with Crippen molar-refractivity contribution in [3.63, 3.8) is 0 Å². The molecule has 0 unspecified atom stereocenters. The van der Waals surface area contributed by atoms with Crippen LogP contribution in [0.5, 0.6) is 11.5 Å². The van der Waals surface area contributed by atoms with Gasteiger partial charge in [-0.25, -0.2) is 0 Å². The molecule has 1 heterocycles. The minimum atomic E-state index is -0.175. The molecule has 1 aliphatic rings. The zero-order valence-electron chi connectivity index (χ0n) is 16.5. The molecular formula is C25H25NO3. The molecule has 4 heteroatoms. The minimum absolute atomic E-state index is 0.0246. The van der Waals surface area contributed by atoms with Gasteiger partial charge >= 0.3 is 0 Å². The molecule has 0 spiro atoms. The number of ether oxygens (including phenoxy) is 2. The second-order valence-corrected chi connectivity index (χ2v) is 7.35. The summed E-state index contributed by atoms with van der Waals surface area (Å²) in [5, 5.41) is 0. The standard InChI is InChI=1S/C25H25NO3/c1-26(17-21-18-28-23-14-8-9-15-24(23)29-21)25(27)16-22(19-10-4-2-5-11-19)20-12-6-3-7-13-20/h2-15,21-22H,16-18H2,1H3/t21-/m1/s1. The molecule has 0 fully saturated rings. The fourth-order valence-electron chi connectivity index (χ4n) is 3.69. The third kappa shape index (κ3) is 4.60. The largest absolute Gasteiger partial charge is 0.486 e. The van der Waals surface area contributed by atoms with Crippen LogP contribution in [0.2, 0.25) is 0 Å². The summed E-state index contributed by atoms with van der Waals surface area (Å²) in [6, 6.07) is 28.0. The normalized spacial score (nSPS) is 15.2. The number of likely N-dealkylation sites (N-methyl/N-ethyl adjacent to an activating group) is 1. The first-order chi connectivity index (χ1) is 14.2. The molecule has 0 aliphatic carbocycles. The predicted molar refractivity (Wildman–Crippen MR) is 113 cm³/mol. The van der Waals surface area contributed by atoms with E-state index >= 15 is 0 Å². The average molecular weight is 387 g/mol. The topological polar surface area (TPSA) is 38.8 Å². The smallest absolute Gasteiger partial charge is 0.223 e. The summed E-state index contributed by atoms with van der Waals surface area (Å²) in [4.78, 5) is 14.8. The zero-order chi connectivity index (χ0) is 20.1. The molecule has 0 bridgehead atoms. The third-order valence-electron chi connectivity index (χ3n) is 5.25. The van der Waals surface area contributed by atoms with Crippen LogP contribution in [0.3, 0.4) is 0 Å². The Bertz CT molecular complexity index is 903. The first-order valence-electron chi connectivity index (χ1n) is 9.93. The Morgan fingerprint density at radius 3 is 2.07 bits per heavy atom. The van der Waals surface area contributed by atoms with Crippen LogP contribution in [0.25, 0.3) is 0 Å². The molecule has 148 valence electrons. The van der Waals surface area contributed by atoms with Gasteiger partial charge in [0.1, 0.15) is 6.61 Å². The van der Waals surface area contributed by atoms with Gasteiger partial charge in [-0.2, -0.15) is 0 Å². The summed E-state index contributed by atoms with van der Waals surface area (Å²) in [7, 11) is 1.83. The molecule has 3 aromatic carbocycles. The van der Waals surface area contributed by atoms with Crippen molar-refractivity contribution >= 4 is 5.91 Å². The van der Waals surface area contributed by atoms with Crippen LogP contribution >= 0.6 is 0 Å². The van der Waals surface area contributed by atoms with E-state index in [1.807, 2.05) is 67.7 Å². The number of fused-ring (bicyclic) bond motifs is 1. The Balaban J connectivity index is 1.44. The Morgan fingerprint density at radius 1 is 0.897 bits per heavy atom. The highest BCUT2D eigenvalue weighted by atomic mass is 16.6. The van der Waals surface area contributed by atoms with Crippen molar-refractivity contribution in [1.29, 1.82) is 0 Å². The third-order valence-corrected chi connectivity index (χ3v) is 5.25. The number of benzene rings is 3. The second kappa shape index (κ2) is 8.82. The van der Waals surface area contributed by atoms with Gasteiger partial charge in [-0.1, -0.05) is 72.8 Å². The van der Waals surface area contributed by atoms with E-state index in [0.717, 1.165) is 22.6 Å². The van der Waals surface area contributed by atoms with Gasteiger partial charge in [0.25, 0.3) is 0 Å². The van der Waals surface area contributed by atoms with Crippen LogP contribution in [0.4, 0.5) is 0 Å². The first kappa shape index (κ1) is 19.1. The number of nitrogens with zero attached hydrogens (tertiary/aromatic N) is 1. The zero-order valence-corrected chi connectivity index (χ0v) is 16.5. The van der Waals surface area contributed by atoms with Crippen molar-refractivity contribution < 1.29 is 14.3 Å². The number of rotatable bonds is 6. The quantitative estimate of drug-likeness (QED) is 0.625. The summed E-state index contributed by atoms with van der Waals surface area (Å²) in [6.07, 6.45) is 0.236. The molecule has 3 aromatic rings. The summed E-state index contributed by atoms with van der Waals surface area (Å²) >= 11 is 0. The highest BCUT2D eigenvalue weighted by Gasteiger charge is 2.25. The first-order valence-corrected chi connectivity index (χ1v) is 9.93. The number of carbonyl (C=O) groups is 1. The van der Waals surface area contributed by atoms with Crippen molar-refractivity contribution in [3.05, 3.63) is 96.1 Å². The molecule has 4 rings (SSSR count). The molecule has 4 nitrogen and oxygen atoms in total. The highest BCUT2D eigenvalue weighted by Crippen LogP contribution is 2.31. The highest BCUT2D eigenvalue weighted by molar-refractivity contribution is 5.77. The van der Waals surface area contributed by atoms with Crippen LogP contribution in [0.1, 0.15) is 23.5 Å². The van der Waals surface area contributed by atoms with E-state index in [0.29, 0.717) is 19.6 Å². The number of carbonyl (C=O) groups excluding carboxylic acids is 1. The van der Waals surface area contributed by atoms with E-state index in [9.17, 15) is 4.79 Å². The molecule has 0 saturated heterocycles. The molecule has 1 atom stereocenters. The van der Waals surface area contributed by atoms with Gasteiger partial charge in [0.05, 0.1) is 6.54 Å². The van der Waals surface area contributed by atoms with Gasteiger partial charge in [-0.05, 0) is 23.3 Å². The molecule has 0 aromatic heterocycles. The lowest BCUT2D eigenvalue weighted by molar-refractivity contribution is -0.131. The van der Waals surface area contributed by atoms with Crippen molar-refractivity contribution in [2.45, 2.75) is 18.4 Å². The average Bonchev–Trinajstić information content (AvgIpc) is 2.78. The van der Waals surface area contributed by atoms with Gasteiger partial charge in [-0.15, -0.1) is 0 Å². The summed E-state index contributed by atoms with van der Waals surface area (Å²) in [5.41, 5.74) is 2.29. The maximum absolute atomic E-state index is 13.0. The maximum atomic E-state index is 13.0. The van der Waals surface area contributed by atoms with Crippen molar-refractivity contribution in [3.8, 4) is 11.5 Å². The van der Waals surface area contributed by atoms with Gasteiger partial charge in [0.15, 0.2) is 17.6 Å². The van der Waals surface area contributed by atoms with Gasteiger partial charge < -0.3 is 14.4 Å². The molecule has 29 heavy (non-hydrogen) atoms. The number of hydrogen-bond acceptors (Lipinski definition) is 3. The van der Waals surface area contributed by atoms with Crippen molar-refractivity contribution in [2.75, 3.05) is 20.2 Å². The molecule has 0 N–H and O–H groups in total. The van der Waals surface area contributed by atoms with Gasteiger partial charge in [-0.3, -0.25) is 4.79 Å². The SMILES string of the molecule is CN(C[C@@H]1COc2ccccc2O1)C(=O)CC(c1ccccc1)c1ccccc1. The van der Waals surface area contributed by atoms with E-state index < -0.39 is 0 Å². The molecule has 1 amide bonds. The lowest BCUT2D eigenvalue weighted by atomic mass is 9.88. The van der Waals surface area contributed by atoms with E-state index in [1.54, 1.807) is 4.90 Å². The molecule has 0 radical (unpaired) electrons. The fraction of sp³-hybridized carbons (Fsp3) is 0.240. The minimum Gasteiger partial charge on any atom is -0.486 e. The van der Waals surface area contributed by atoms with E-state index in [4.69, 9.17) is 9.47 Å². The lowest BCUT2D eigenvalue weighted by Gasteiger charge is -2.30. The molecule has 1 aliphatic heterocycles. The lowest BCUT2D eigenvalue weighted by Crippen LogP contribution is -2.42. The Labute approximate surface area is 171 Å². The maximum Gasteiger partial charge on any atom is 0.223 e. The van der Waals surface area contributed by atoms with Crippen molar-refractivity contribution in [1.82, 2.24) is 4.90 Å². The Morgan fingerprint density at radius 2 is 1.45 bits per heavy atom. The second-order valence-electron chi connectivity index (χ2n) is 7.35. The van der Waals surface area contributed by atoms with Crippen LogP contribution in [0, 0.1) is 0 Å². The number of hydrogen-bond donors (Lipinski definition) is 0. The van der Waals surface area contributed by atoms with Crippen LogP contribution in [0.15, 0.2) is 84.9 Å². The Hall–Kier alpha value is -3.27. The molecule has 0 saturated carbocycles. The van der Waals surface area contributed by atoms with E-state index in [1.165, 1.54) is 0 Å². The van der Waals surface area contributed by atoms with E-state index in [2.05, 4.69) is 24.3 Å². The molecular weight excluding hydrogens is 362 g/mol. The monoisotopic (exact) mass is 387 g/mol. The fourth-order valence-corrected chi connectivity index (χ4v) is 3.69. The van der Waals surface area contributed by atoms with E-state index in [-0.39, 0.29) is 17.9 Å². The van der Waals surface area contributed by atoms with Crippen LogP contribution in [-0.4, -0.2) is 37.1 Å². The summed E-state index contributed by atoms with van der Waals surface area (Å²) < 4.78 is 11.8. The van der Waals surface area contributed by atoms with Crippen molar-refractivity contribution in [2.24, 2.45) is 0 Å². The summed E-state index contributed by atoms with van der Waals surface area (Å²) in [6.45, 7) is 0.929. The Kier molecular flexibility index (Phi) is 5.80. The van der Waals surface area contributed by atoms with Gasteiger partial charge in [0.2, 0.25) is 5.91 Å². The predicted octanol–water partition coefficient (Wildman–Crippen LogP) is 4.51. The number of amides is 1. The number of para-hydroxylation sites is 2. The van der Waals surface area contributed by atoms with Crippen LogP contribution < -0.4 is 9.47 Å². The van der Waals surface area contributed by atoms with Gasteiger partial charge in [0, 0.05) is 19.4 Å². The summed E-state index contributed by atoms with van der Waals surface area (Å²) in [5.74, 6) is 1.60. The van der Waals surface area contributed by atoms with Crippen LogP contribution in [-0.2, 0) is 4.79 Å².